The van der Waals surface area contributed by atoms with Crippen molar-refractivity contribution in [2.24, 2.45) is 10.9 Å². The van der Waals surface area contributed by atoms with Crippen LogP contribution in [0.3, 0.4) is 0 Å². The highest BCUT2D eigenvalue weighted by Gasteiger charge is 2.27. The maximum absolute atomic E-state index is 5.31. The van der Waals surface area contributed by atoms with Crippen molar-refractivity contribution in [3.05, 3.63) is 35.9 Å². The van der Waals surface area contributed by atoms with Crippen LogP contribution in [-0.2, 0) is 11.3 Å². The Hall–Kier alpha value is -0.860. The Morgan fingerprint density at radius 3 is 2.77 bits per heavy atom. The molecule has 1 N–H and O–H groups in total. The second-order valence-electron chi connectivity index (χ2n) is 7.24. The number of guanidine groups is 1. The molecule has 0 aliphatic carbocycles. The predicted molar refractivity (Wildman–Crippen MR) is 118 cm³/mol. The molecule has 146 valence electrons. The maximum atomic E-state index is 5.31. The fourth-order valence-corrected chi connectivity index (χ4v) is 4.09. The predicted octanol–water partition coefficient (Wildman–Crippen LogP) is 2.81. The third-order valence-electron chi connectivity index (χ3n) is 5.42. The first-order valence-corrected chi connectivity index (χ1v) is 9.52. The van der Waals surface area contributed by atoms with Gasteiger partial charge in [0.25, 0.3) is 0 Å². The van der Waals surface area contributed by atoms with Gasteiger partial charge in [-0.1, -0.05) is 30.3 Å². The van der Waals surface area contributed by atoms with Crippen molar-refractivity contribution in [3.8, 4) is 0 Å². The summed E-state index contributed by atoms with van der Waals surface area (Å²) >= 11 is 0. The molecule has 0 bridgehead atoms. The van der Waals surface area contributed by atoms with Crippen LogP contribution in [0, 0.1) is 5.92 Å². The summed E-state index contributed by atoms with van der Waals surface area (Å²) in [6.07, 6.45) is 3.75. The average molecular weight is 472 g/mol. The van der Waals surface area contributed by atoms with Gasteiger partial charge in [0.05, 0.1) is 6.61 Å². The number of nitrogens with one attached hydrogen (secondary N) is 1. The topological polar surface area (TPSA) is 40.1 Å². The molecule has 1 aromatic rings. The fourth-order valence-electron chi connectivity index (χ4n) is 4.09. The van der Waals surface area contributed by atoms with Gasteiger partial charge in [0.15, 0.2) is 5.96 Å². The summed E-state index contributed by atoms with van der Waals surface area (Å²) in [5, 5.41) is 3.63. The smallest absolute Gasteiger partial charge is 0.193 e. The molecule has 2 fully saturated rings. The van der Waals surface area contributed by atoms with Crippen molar-refractivity contribution in [2.45, 2.75) is 31.8 Å². The molecule has 2 atom stereocenters. The normalized spacial score (nSPS) is 23.9. The van der Waals surface area contributed by atoms with E-state index < -0.39 is 0 Å². The minimum Gasteiger partial charge on any atom is -0.384 e. The van der Waals surface area contributed by atoms with Crippen LogP contribution in [0.25, 0.3) is 0 Å². The van der Waals surface area contributed by atoms with Gasteiger partial charge in [0.1, 0.15) is 0 Å². The molecule has 1 aromatic carbocycles. The second-order valence-corrected chi connectivity index (χ2v) is 7.24. The lowest BCUT2D eigenvalue weighted by molar-refractivity contribution is 0.157. The van der Waals surface area contributed by atoms with E-state index in [1.165, 1.54) is 31.4 Å². The summed E-state index contributed by atoms with van der Waals surface area (Å²) < 4.78 is 5.31. The third-order valence-corrected chi connectivity index (χ3v) is 5.42. The van der Waals surface area contributed by atoms with Crippen LogP contribution in [0.4, 0.5) is 0 Å². The number of hydrogen-bond donors (Lipinski definition) is 1. The molecule has 2 aliphatic heterocycles. The summed E-state index contributed by atoms with van der Waals surface area (Å²) in [7, 11) is 3.68. The fraction of sp³-hybridized carbons (Fsp3) is 0.650. The van der Waals surface area contributed by atoms with E-state index in [0.29, 0.717) is 12.0 Å². The zero-order chi connectivity index (χ0) is 17.5. The van der Waals surface area contributed by atoms with Gasteiger partial charge in [-0.3, -0.25) is 9.89 Å². The lowest BCUT2D eigenvalue weighted by atomic mass is 10.1. The van der Waals surface area contributed by atoms with Crippen LogP contribution in [0.5, 0.6) is 0 Å². The lowest BCUT2D eigenvalue weighted by Gasteiger charge is -2.28. The summed E-state index contributed by atoms with van der Waals surface area (Å²) in [5.41, 5.74) is 1.40. The van der Waals surface area contributed by atoms with Gasteiger partial charge < -0.3 is 15.0 Å². The Kier molecular flexibility index (Phi) is 9.15. The van der Waals surface area contributed by atoms with Crippen LogP contribution in [-0.4, -0.2) is 68.7 Å². The van der Waals surface area contributed by atoms with Crippen molar-refractivity contribution in [1.82, 2.24) is 15.1 Å². The van der Waals surface area contributed by atoms with E-state index in [2.05, 4.69) is 50.4 Å². The highest BCUT2D eigenvalue weighted by Crippen LogP contribution is 2.20. The van der Waals surface area contributed by atoms with Crippen LogP contribution in [0.15, 0.2) is 35.3 Å². The van der Waals surface area contributed by atoms with Crippen molar-refractivity contribution < 1.29 is 4.74 Å². The van der Waals surface area contributed by atoms with E-state index in [9.17, 15) is 0 Å². The number of ether oxygens (including phenoxy) is 1. The minimum absolute atomic E-state index is 0. The number of nitrogens with zero attached hydrogens (tertiary/aromatic N) is 3. The largest absolute Gasteiger partial charge is 0.384 e. The molecular formula is C20H33IN4O. The molecule has 0 amide bonds. The molecular weight excluding hydrogens is 439 g/mol. The quantitative estimate of drug-likeness (QED) is 0.393. The Morgan fingerprint density at radius 2 is 2.04 bits per heavy atom. The number of methoxy groups -OCH3 is 1. The molecule has 2 saturated heterocycles. The van der Waals surface area contributed by atoms with Crippen molar-refractivity contribution in [2.75, 3.05) is 46.9 Å². The molecule has 0 aromatic heterocycles. The third kappa shape index (κ3) is 5.82. The SMILES string of the molecule is CN=C(NCC1CCCN1Cc1ccccc1)N1CCC(COC)C1.I. The van der Waals surface area contributed by atoms with E-state index in [1.54, 1.807) is 7.11 Å². The zero-order valence-electron chi connectivity index (χ0n) is 16.1. The highest BCUT2D eigenvalue weighted by molar-refractivity contribution is 14.0. The molecule has 26 heavy (non-hydrogen) atoms. The Bertz CT molecular complexity index is 554. The van der Waals surface area contributed by atoms with Crippen molar-refractivity contribution >= 4 is 29.9 Å². The van der Waals surface area contributed by atoms with Gasteiger partial charge in [0, 0.05) is 52.3 Å². The zero-order valence-corrected chi connectivity index (χ0v) is 18.4. The molecule has 2 unspecified atom stereocenters. The minimum atomic E-state index is 0. The first kappa shape index (κ1) is 21.4. The van der Waals surface area contributed by atoms with Gasteiger partial charge in [-0.25, -0.2) is 0 Å². The first-order valence-electron chi connectivity index (χ1n) is 9.52. The van der Waals surface area contributed by atoms with Gasteiger partial charge in [0.2, 0.25) is 0 Å². The summed E-state index contributed by atoms with van der Waals surface area (Å²) in [6, 6.07) is 11.4. The number of rotatable bonds is 6. The highest BCUT2D eigenvalue weighted by atomic mass is 127. The van der Waals surface area contributed by atoms with Gasteiger partial charge in [-0.15, -0.1) is 24.0 Å². The van der Waals surface area contributed by atoms with Crippen molar-refractivity contribution in [1.29, 1.82) is 0 Å². The van der Waals surface area contributed by atoms with E-state index in [-0.39, 0.29) is 24.0 Å². The molecule has 0 saturated carbocycles. The summed E-state index contributed by atoms with van der Waals surface area (Å²) in [4.78, 5) is 9.49. The standard InChI is InChI=1S/C20H32N4O.HI/c1-21-20(24-12-10-18(15-24)16-25-2)22-13-19-9-6-11-23(19)14-17-7-4-3-5-8-17;/h3-5,7-8,18-19H,6,9-16H2,1-2H3,(H,21,22);1H. The van der Waals surface area contributed by atoms with Crippen LogP contribution in [0.2, 0.25) is 0 Å². The van der Waals surface area contributed by atoms with E-state index in [4.69, 9.17) is 4.74 Å². The Labute approximate surface area is 175 Å². The number of likely N-dealkylation sites (tertiary alicyclic amines) is 2. The van der Waals surface area contributed by atoms with E-state index in [1.807, 2.05) is 7.05 Å². The molecule has 6 heteroatoms. The molecule has 2 aliphatic rings. The second kappa shape index (κ2) is 11.1. The number of hydrogen-bond acceptors (Lipinski definition) is 3. The summed E-state index contributed by atoms with van der Waals surface area (Å²) in [5.74, 6) is 1.68. The van der Waals surface area contributed by atoms with Crippen LogP contribution >= 0.6 is 24.0 Å². The van der Waals surface area contributed by atoms with Crippen LogP contribution in [0.1, 0.15) is 24.8 Å². The average Bonchev–Trinajstić information content (AvgIpc) is 3.27. The monoisotopic (exact) mass is 472 g/mol. The van der Waals surface area contributed by atoms with Gasteiger partial charge >= 0.3 is 0 Å². The summed E-state index contributed by atoms with van der Waals surface area (Å²) in [6.45, 7) is 6.19. The van der Waals surface area contributed by atoms with E-state index in [0.717, 1.165) is 38.7 Å². The number of aliphatic imine (C=N–C) groups is 1. The van der Waals surface area contributed by atoms with E-state index >= 15 is 0 Å². The maximum Gasteiger partial charge on any atom is 0.193 e. The first-order chi connectivity index (χ1) is 12.3. The molecule has 2 heterocycles. The molecule has 0 radical (unpaired) electrons. The number of benzene rings is 1. The van der Waals surface area contributed by atoms with Gasteiger partial charge in [-0.05, 0) is 31.4 Å². The number of halogens is 1. The Balaban J connectivity index is 0.00000243. The Morgan fingerprint density at radius 1 is 1.23 bits per heavy atom. The van der Waals surface area contributed by atoms with Gasteiger partial charge in [-0.2, -0.15) is 0 Å². The molecule has 0 spiro atoms. The van der Waals surface area contributed by atoms with Crippen LogP contribution < -0.4 is 5.32 Å². The lowest BCUT2D eigenvalue weighted by Crippen LogP contribution is -2.46. The molecule has 5 nitrogen and oxygen atoms in total. The molecule has 3 rings (SSSR count). The van der Waals surface area contributed by atoms with Crippen molar-refractivity contribution in [3.63, 3.8) is 0 Å².